The van der Waals surface area contributed by atoms with Crippen LogP contribution in [0.4, 0.5) is 0 Å². The highest BCUT2D eigenvalue weighted by molar-refractivity contribution is 6.10. The molecule has 0 saturated carbocycles. The Balaban J connectivity index is 0.00000229. The SMILES string of the molecule is CC.CC(C)(C)c1ccc2c(c1)c1cc(C(C)(C)C)ccc1n2-c1cc(-c2ccc(C#N)cc2)ccc1-c1nc(-c2ccccc2)nc(-c2ccccc2)n1. The molecule has 0 atom stereocenters. The Morgan fingerprint density at radius 2 is 0.927 bits per heavy atom. The van der Waals surface area contributed by atoms with E-state index in [-0.39, 0.29) is 10.8 Å². The largest absolute Gasteiger partial charge is 0.308 e. The lowest BCUT2D eigenvalue weighted by Crippen LogP contribution is -2.10. The molecule has 0 aliphatic rings. The third-order valence-corrected chi connectivity index (χ3v) is 10.0. The van der Waals surface area contributed by atoms with E-state index < -0.39 is 0 Å². The summed E-state index contributed by atoms with van der Waals surface area (Å²) in [5, 5.41) is 11.9. The summed E-state index contributed by atoms with van der Waals surface area (Å²) in [6, 6.07) is 50.5. The first-order valence-electron chi connectivity index (χ1n) is 19.1. The zero-order valence-corrected chi connectivity index (χ0v) is 33.0. The van der Waals surface area contributed by atoms with Crippen LogP contribution in [0.1, 0.15) is 72.1 Å². The predicted molar refractivity (Wildman–Crippen MR) is 229 cm³/mol. The first-order chi connectivity index (χ1) is 26.5. The van der Waals surface area contributed by atoms with Crippen molar-refractivity contribution in [2.45, 2.75) is 66.2 Å². The van der Waals surface area contributed by atoms with Crippen molar-refractivity contribution < 1.29 is 0 Å². The molecule has 0 fully saturated rings. The van der Waals surface area contributed by atoms with Crippen LogP contribution < -0.4 is 0 Å². The number of rotatable bonds is 5. The van der Waals surface area contributed by atoms with Gasteiger partial charge in [0.15, 0.2) is 17.5 Å². The van der Waals surface area contributed by atoms with Crippen LogP contribution in [-0.4, -0.2) is 19.5 Å². The van der Waals surface area contributed by atoms with Gasteiger partial charge in [0.05, 0.1) is 28.4 Å². The van der Waals surface area contributed by atoms with Crippen LogP contribution in [0.25, 0.3) is 72.8 Å². The van der Waals surface area contributed by atoms with Crippen LogP contribution in [0.2, 0.25) is 0 Å². The Morgan fingerprint density at radius 3 is 1.38 bits per heavy atom. The van der Waals surface area contributed by atoms with Crippen molar-refractivity contribution in [1.29, 1.82) is 5.26 Å². The molecule has 0 radical (unpaired) electrons. The van der Waals surface area contributed by atoms with Crippen molar-refractivity contribution in [3.63, 3.8) is 0 Å². The molecular formula is C50H47N5. The molecule has 2 heterocycles. The summed E-state index contributed by atoms with van der Waals surface area (Å²) in [7, 11) is 0. The first-order valence-corrected chi connectivity index (χ1v) is 19.1. The van der Waals surface area contributed by atoms with Gasteiger partial charge < -0.3 is 4.57 Å². The monoisotopic (exact) mass is 717 g/mol. The van der Waals surface area contributed by atoms with Crippen LogP contribution >= 0.6 is 0 Å². The standard InChI is InChI=1S/C48H41N5.C2H6/c1-47(2,3)36-22-25-41-39(28-36)40-29-37(48(4,5)6)23-26-42(40)53(41)43-27-35(32-19-17-31(30-49)18-20-32)21-24-38(43)46-51-44(33-13-9-7-10-14-33)50-45(52-46)34-15-11-8-12-16-34;1-2/h7-29H,1-6H3;1-2H3. The van der Waals surface area contributed by atoms with Gasteiger partial charge in [-0.2, -0.15) is 5.26 Å². The molecule has 6 aromatic carbocycles. The van der Waals surface area contributed by atoms with Gasteiger partial charge in [-0.25, -0.2) is 15.0 Å². The Morgan fingerprint density at radius 1 is 0.473 bits per heavy atom. The predicted octanol–water partition coefficient (Wildman–Crippen LogP) is 13.1. The summed E-state index contributed by atoms with van der Waals surface area (Å²) in [5.74, 6) is 1.82. The van der Waals surface area contributed by atoms with E-state index in [2.05, 4.69) is 107 Å². The summed E-state index contributed by atoms with van der Waals surface area (Å²) in [6.07, 6.45) is 0. The van der Waals surface area contributed by atoms with Crippen molar-refractivity contribution in [2.24, 2.45) is 0 Å². The Bertz CT molecular complexity index is 2540. The fourth-order valence-electron chi connectivity index (χ4n) is 6.97. The third-order valence-electron chi connectivity index (χ3n) is 10.0. The van der Waals surface area contributed by atoms with Crippen molar-refractivity contribution in [1.82, 2.24) is 19.5 Å². The minimum absolute atomic E-state index is 0.0164. The summed E-state index contributed by atoms with van der Waals surface area (Å²) < 4.78 is 2.38. The van der Waals surface area contributed by atoms with Gasteiger partial charge in [-0.05, 0) is 81.6 Å². The molecule has 55 heavy (non-hydrogen) atoms. The molecule has 0 saturated heterocycles. The highest BCUT2D eigenvalue weighted by Crippen LogP contribution is 2.41. The van der Waals surface area contributed by atoms with Crippen molar-refractivity contribution >= 4 is 21.8 Å². The fraction of sp³-hybridized carbons (Fsp3) is 0.200. The van der Waals surface area contributed by atoms with E-state index in [1.165, 1.54) is 21.9 Å². The smallest absolute Gasteiger partial charge is 0.166 e. The summed E-state index contributed by atoms with van der Waals surface area (Å²) >= 11 is 0. The number of nitriles is 1. The number of fused-ring (bicyclic) bond motifs is 3. The average molecular weight is 718 g/mol. The van der Waals surface area contributed by atoms with Crippen LogP contribution in [0.15, 0.2) is 140 Å². The molecule has 8 aromatic rings. The molecule has 5 nitrogen and oxygen atoms in total. The first kappa shape index (κ1) is 37.0. The molecular weight excluding hydrogens is 671 g/mol. The van der Waals surface area contributed by atoms with Gasteiger partial charge >= 0.3 is 0 Å². The van der Waals surface area contributed by atoms with Crippen LogP contribution in [0.3, 0.4) is 0 Å². The molecule has 0 unspecified atom stereocenters. The molecule has 0 amide bonds. The van der Waals surface area contributed by atoms with E-state index in [4.69, 9.17) is 15.0 Å². The fourth-order valence-corrected chi connectivity index (χ4v) is 6.97. The zero-order valence-electron chi connectivity index (χ0n) is 33.0. The second kappa shape index (κ2) is 14.8. The maximum Gasteiger partial charge on any atom is 0.166 e. The highest BCUT2D eigenvalue weighted by atomic mass is 15.1. The highest BCUT2D eigenvalue weighted by Gasteiger charge is 2.24. The summed E-state index contributed by atoms with van der Waals surface area (Å²) in [5.41, 5.74) is 11.1. The van der Waals surface area contributed by atoms with E-state index in [9.17, 15) is 5.26 Å². The lowest BCUT2D eigenvalue weighted by atomic mass is 9.85. The van der Waals surface area contributed by atoms with Gasteiger partial charge in [0.1, 0.15) is 0 Å². The van der Waals surface area contributed by atoms with Gasteiger partial charge in [0.25, 0.3) is 0 Å². The van der Waals surface area contributed by atoms with Crippen molar-refractivity contribution in [3.8, 4) is 57.0 Å². The number of aromatic nitrogens is 4. The molecule has 0 N–H and O–H groups in total. The van der Waals surface area contributed by atoms with E-state index in [0.29, 0.717) is 23.0 Å². The van der Waals surface area contributed by atoms with Gasteiger partial charge in [0, 0.05) is 27.5 Å². The number of hydrogen-bond acceptors (Lipinski definition) is 4. The van der Waals surface area contributed by atoms with E-state index in [1.54, 1.807) is 0 Å². The Hall–Kier alpha value is -6.38. The second-order valence-corrected chi connectivity index (χ2v) is 15.8. The van der Waals surface area contributed by atoms with Gasteiger partial charge in [-0.15, -0.1) is 0 Å². The van der Waals surface area contributed by atoms with Crippen LogP contribution in [0.5, 0.6) is 0 Å². The molecule has 0 aliphatic heterocycles. The van der Waals surface area contributed by atoms with Crippen LogP contribution in [-0.2, 0) is 10.8 Å². The maximum atomic E-state index is 9.51. The van der Waals surface area contributed by atoms with Gasteiger partial charge in [-0.3, -0.25) is 0 Å². The second-order valence-electron chi connectivity index (χ2n) is 15.8. The molecule has 5 heteroatoms. The minimum atomic E-state index is -0.0164. The Kier molecular flexibility index (Phi) is 9.95. The van der Waals surface area contributed by atoms with Gasteiger partial charge in [0.2, 0.25) is 0 Å². The molecule has 272 valence electrons. The number of benzene rings is 6. The van der Waals surface area contributed by atoms with Crippen molar-refractivity contribution in [2.75, 3.05) is 0 Å². The topological polar surface area (TPSA) is 67.4 Å². The average Bonchev–Trinajstić information content (AvgIpc) is 3.54. The summed E-state index contributed by atoms with van der Waals surface area (Å²) in [4.78, 5) is 15.3. The summed E-state index contributed by atoms with van der Waals surface area (Å²) in [6.45, 7) is 17.6. The van der Waals surface area contributed by atoms with E-state index in [0.717, 1.165) is 44.5 Å². The van der Waals surface area contributed by atoms with Crippen molar-refractivity contribution in [3.05, 3.63) is 156 Å². The normalized spacial score (nSPS) is 11.6. The molecule has 0 bridgehead atoms. The molecule has 0 aliphatic carbocycles. The third kappa shape index (κ3) is 7.29. The van der Waals surface area contributed by atoms with Crippen LogP contribution in [0, 0.1) is 11.3 Å². The Labute approximate surface area is 325 Å². The minimum Gasteiger partial charge on any atom is -0.308 e. The zero-order chi connectivity index (χ0) is 38.9. The van der Waals surface area contributed by atoms with E-state index in [1.807, 2.05) is 98.8 Å². The number of nitrogens with zero attached hydrogens (tertiary/aromatic N) is 5. The molecule has 0 spiro atoms. The number of hydrogen-bond donors (Lipinski definition) is 0. The lowest BCUT2D eigenvalue weighted by Gasteiger charge is -2.19. The lowest BCUT2D eigenvalue weighted by molar-refractivity contribution is 0.590. The molecule has 2 aromatic heterocycles. The molecule has 8 rings (SSSR count). The van der Waals surface area contributed by atoms with E-state index >= 15 is 0 Å². The maximum absolute atomic E-state index is 9.51. The quantitative estimate of drug-likeness (QED) is 0.178. The van der Waals surface area contributed by atoms with Gasteiger partial charge in [-0.1, -0.05) is 146 Å².